The van der Waals surface area contributed by atoms with Gasteiger partial charge in [0.25, 0.3) is 11.1 Å². The minimum absolute atomic E-state index is 0.0945. The molecule has 5 aliphatic heterocycles. The van der Waals surface area contributed by atoms with Crippen LogP contribution in [0.2, 0.25) is 0 Å². The van der Waals surface area contributed by atoms with Crippen molar-refractivity contribution in [2.24, 2.45) is 5.73 Å². The highest BCUT2D eigenvalue weighted by Crippen LogP contribution is 2.45. The van der Waals surface area contributed by atoms with Crippen molar-refractivity contribution in [1.29, 1.82) is 0 Å². The van der Waals surface area contributed by atoms with Gasteiger partial charge in [-0.2, -0.15) is 0 Å². The standard InChI is InChI=1S/C56H62N4O13.C22H20N2O5.C17H23NO5.C13H19NO2.C4H4O3/c1-9-36-37-29-35(70-47(63)25-23-45(61)57-42(51(66)72-54(3,4)5)27-33-17-13-11-14-18-33)21-22-41(37)59-49-38(36)31-60-44(49)30-40-39(50(60)65)32-69-53(68)56(40,10-2)71-48(64)26-24-46(62)58-43(52(67)73-55(6,7)8)28-34-19-15-12-16-20-34;1-3-12-13-7-11(25)5-6-17(13)23-19-14(12)9-24-18(19)8-16-15(20(24)26)10-29-21(27)22(16,28)4-2;1-17(2,3)23-16(22)13(11-12-7-5-4-6-8-12)18-14(19)9-10-15(20)21;1-13(2,3)16-12(15)11(14)9-10-7-5-4-6-8-10;5-3-1-2-4(6)7-3/h11-22,29-30,42-43H,9-10,23-28,31-32H2,1-8H3,(H,57,61)(H,58,62);5-8,25,28H,3-4,9-10H2,1-2H3;4-8,13H,9-11H2,1-3H3,(H,18,19)(H,20,21);4-8,11H,9,14H2,1-3H3;1-2H2/t42-,43?,56-;22-;13-;11-;/m0000./s1. The summed E-state index contributed by atoms with van der Waals surface area (Å²) in [5.41, 5.74) is 9.84. The van der Waals surface area contributed by atoms with Gasteiger partial charge in [0.05, 0.1) is 90.1 Å². The molecule has 9 heterocycles. The predicted molar refractivity (Wildman–Crippen MR) is 542 cm³/mol. The Bertz CT molecular complexity index is 6780. The zero-order chi connectivity index (χ0) is 108. The molecule has 36 heteroatoms. The molecule has 1 fully saturated rings. The third-order valence-corrected chi connectivity index (χ3v) is 24.1. The van der Waals surface area contributed by atoms with Crippen LogP contribution in [0.3, 0.4) is 0 Å². The lowest BCUT2D eigenvalue weighted by molar-refractivity contribution is -0.189. The molecule has 3 amide bonds. The summed E-state index contributed by atoms with van der Waals surface area (Å²) in [7, 11) is 0. The van der Waals surface area contributed by atoms with E-state index in [9.17, 15) is 86.9 Å². The Hall–Kier alpha value is -15.5. The second-order valence-corrected chi connectivity index (χ2v) is 40.1. The van der Waals surface area contributed by atoms with Gasteiger partial charge in [-0.3, -0.25) is 52.7 Å². The van der Waals surface area contributed by atoms with Crippen molar-refractivity contribution in [2.45, 2.75) is 298 Å². The van der Waals surface area contributed by atoms with E-state index in [-0.39, 0.29) is 131 Å². The SMILES string of the molecule is CC(C)(C)OC(=O)[C@@H](N)Cc1ccccc1.CC(C)(C)OC(=O)[C@H](Cc1ccccc1)NC(=O)CCC(=O)O.CCc1c2c(nc3ccc(O)cc13)-c1cc3c(c(=O)n1C2)COC(=O)[C@]3(O)CC.CCc1c2c(nc3ccc(OC(=O)CCC(=O)N[C@@H](Cc4ccccc4)C(=O)OC(C)(C)C)cc13)-c1cc3c(c(=O)n1C2)COC(=O)[C@@]3(CC)OC(=O)CCC(=O)NC(Cc1ccccc1)C(=O)OC(C)(C)C.O=C1CCC(=O)O1. The smallest absolute Gasteiger partial charge is 0.355 e. The van der Waals surface area contributed by atoms with Gasteiger partial charge in [-0.15, -0.1) is 0 Å². The van der Waals surface area contributed by atoms with Crippen LogP contribution in [0, 0.1) is 0 Å². The number of aliphatic hydroxyl groups is 1. The number of cyclic esters (lactones) is 4. The topological polar surface area (TPSA) is 515 Å². The predicted octanol–water partition coefficient (Wildman–Crippen LogP) is 12.8. The maximum absolute atomic E-state index is 14.4. The van der Waals surface area contributed by atoms with Crippen LogP contribution in [0.1, 0.15) is 242 Å². The molecule has 4 aromatic heterocycles. The number of phenolic OH excluding ortho intramolecular Hbond substituents is 1. The molecule has 1 unspecified atom stereocenters. The molecule has 784 valence electrons. The highest BCUT2D eigenvalue weighted by atomic mass is 16.6. The number of phenols is 1. The van der Waals surface area contributed by atoms with Gasteiger partial charge < -0.3 is 88.8 Å². The molecule has 6 atom stereocenters. The van der Waals surface area contributed by atoms with Crippen LogP contribution in [0.15, 0.2) is 179 Å². The highest BCUT2D eigenvalue weighted by molar-refractivity contribution is 5.96. The molecular formula is C112H128N8O28. The number of aliphatic carboxylic acids is 1. The number of carboxylic acid groups (broad SMARTS) is 1. The summed E-state index contributed by atoms with van der Waals surface area (Å²) in [5, 5.41) is 39.0. The van der Waals surface area contributed by atoms with E-state index in [1.165, 1.54) is 4.57 Å². The number of nitrogens with zero attached hydrogens (tertiary/aromatic N) is 4. The van der Waals surface area contributed by atoms with Crippen molar-refractivity contribution in [3.05, 3.63) is 257 Å². The number of benzene rings is 6. The minimum atomic E-state index is -2.02. The fourth-order valence-corrected chi connectivity index (χ4v) is 17.2. The largest absolute Gasteiger partial charge is 0.508 e. The number of nitrogens with two attached hydrogens (primary N) is 1. The first-order valence-corrected chi connectivity index (χ1v) is 49.1. The van der Waals surface area contributed by atoms with Crippen molar-refractivity contribution in [3.8, 4) is 34.3 Å². The van der Waals surface area contributed by atoms with Gasteiger partial charge in [-0.05, 0) is 197 Å². The van der Waals surface area contributed by atoms with E-state index in [0.29, 0.717) is 70.6 Å². The van der Waals surface area contributed by atoms with Crippen LogP contribution < -0.4 is 37.5 Å². The average Bonchev–Trinajstić information content (AvgIpc) is 1.55. The van der Waals surface area contributed by atoms with Crippen LogP contribution in [0.4, 0.5) is 0 Å². The lowest BCUT2D eigenvalue weighted by Gasteiger charge is -2.35. The third kappa shape index (κ3) is 29.7. The molecule has 0 spiro atoms. The number of aryl methyl sites for hydroxylation is 2. The van der Waals surface area contributed by atoms with Gasteiger partial charge in [0.2, 0.25) is 23.3 Å². The van der Waals surface area contributed by atoms with Crippen molar-refractivity contribution < 1.29 is 125 Å². The number of aromatic hydroxyl groups is 1. The molecular weight excluding hydrogens is 1910 g/mol. The Morgan fingerprint density at radius 1 is 0.439 bits per heavy atom. The van der Waals surface area contributed by atoms with E-state index >= 15 is 0 Å². The van der Waals surface area contributed by atoms with Gasteiger partial charge in [-0.1, -0.05) is 149 Å². The molecule has 0 radical (unpaired) electrons. The zero-order valence-corrected chi connectivity index (χ0v) is 86.0. The molecule has 10 aromatic rings. The fraction of sp³-hybridized carbons (Fsp3) is 0.411. The summed E-state index contributed by atoms with van der Waals surface area (Å²) >= 11 is 0. The number of fused-ring (bicyclic) bond motifs is 10. The Labute approximate surface area is 855 Å². The van der Waals surface area contributed by atoms with Gasteiger partial charge in [0.1, 0.15) is 71.3 Å². The number of ether oxygens (including phenoxy) is 9. The van der Waals surface area contributed by atoms with Gasteiger partial charge in [0, 0.05) is 71.6 Å². The first-order valence-electron chi connectivity index (χ1n) is 49.1. The van der Waals surface area contributed by atoms with Crippen LogP contribution >= 0.6 is 0 Å². The number of rotatable bonds is 30. The Balaban J connectivity index is 0.000000222. The molecule has 8 N–H and O–H groups in total. The van der Waals surface area contributed by atoms with Crippen LogP contribution in [-0.4, -0.2) is 164 Å². The Morgan fingerprint density at radius 3 is 1.20 bits per heavy atom. The summed E-state index contributed by atoms with van der Waals surface area (Å²) < 4.78 is 51.2. The monoisotopic (exact) mass is 2030 g/mol. The van der Waals surface area contributed by atoms with Gasteiger partial charge in [0.15, 0.2) is 5.60 Å². The van der Waals surface area contributed by atoms with Crippen LogP contribution in [0.5, 0.6) is 11.5 Å². The second-order valence-electron chi connectivity index (χ2n) is 40.1. The molecule has 0 aliphatic carbocycles. The summed E-state index contributed by atoms with van der Waals surface area (Å²) in [6.45, 7) is 28.4. The molecule has 0 saturated carbocycles. The Kier molecular flexibility index (Phi) is 37.1. The van der Waals surface area contributed by atoms with E-state index < -0.39 is 147 Å². The van der Waals surface area contributed by atoms with Crippen molar-refractivity contribution in [2.75, 3.05) is 0 Å². The maximum atomic E-state index is 14.4. The van der Waals surface area contributed by atoms with Gasteiger partial charge in [-0.25, -0.2) is 33.9 Å². The number of aromatic nitrogens is 4. The summed E-state index contributed by atoms with van der Waals surface area (Å²) in [6.07, 6.45) is 1.10. The number of carbonyl (C=O) groups is 14. The second kappa shape index (κ2) is 48.7. The van der Waals surface area contributed by atoms with Crippen molar-refractivity contribution in [3.63, 3.8) is 0 Å². The number of hydrogen-bond acceptors (Lipinski definition) is 30. The number of esters is 10. The van der Waals surface area contributed by atoms with E-state index in [1.54, 1.807) is 129 Å². The lowest BCUT2D eigenvalue weighted by atomic mass is 9.85. The van der Waals surface area contributed by atoms with E-state index in [0.717, 1.165) is 55.4 Å². The van der Waals surface area contributed by atoms with Crippen LogP contribution in [-0.2, 0) is 181 Å². The third-order valence-electron chi connectivity index (χ3n) is 24.1. The lowest BCUT2D eigenvalue weighted by Crippen LogP contribution is -2.48. The first-order chi connectivity index (χ1) is 69.8. The number of nitrogens with one attached hydrogen (secondary N) is 3. The van der Waals surface area contributed by atoms with E-state index in [4.69, 9.17) is 58.7 Å². The highest BCUT2D eigenvalue weighted by Gasteiger charge is 2.52. The Morgan fingerprint density at radius 2 is 0.811 bits per heavy atom. The number of hydrogen-bond donors (Lipinski definition) is 7. The molecule has 36 nitrogen and oxygen atoms in total. The maximum Gasteiger partial charge on any atom is 0.355 e. The molecule has 148 heavy (non-hydrogen) atoms. The molecule has 1 saturated heterocycles. The zero-order valence-electron chi connectivity index (χ0n) is 86.0. The fourth-order valence-electron chi connectivity index (χ4n) is 17.2. The summed E-state index contributed by atoms with van der Waals surface area (Å²) in [6, 6.07) is 47.1. The van der Waals surface area contributed by atoms with Crippen LogP contribution in [0.25, 0.3) is 44.6 Å². The number of pyridine rings is 4. The summed E-state index contributed by atoms with van der Waals surface area (Å²) in [4.78, 5) is 209. The molecule has 0 bridgehead atoms. The summed E-state index contributed by atoms with van der Waals surface area (Å²) in [5.74, 6) is -8.39. The first kappa shape index (κ1) is 113. The van der Waals surface area contributed by atoms with Gasteiger partial charge >= 0.3 is 65.7 Å². The molecule has 5 aliphatic rings. The number of carboxylic acids is 1. The minimum Gasteiger partial charge on any atom is -0.508 e. The normalized spacial score (nSPS) is 15.9. The average molecular weight is 2030 g/mol. The molecule has 15 rings (SSSR count). The van der Waals surface area contributed by atoms with Crippen molar-refractivity contribution >= 4 is 105 Å². The number of amides is 3. The van der Waals surface area contributed by atoms with Crippen molar-refractivity contribution in [1.82, 2.24) is 35.1 Å². The van der Waals surface area contributed by atoms with E-state index in [1.807, 2.05) is 156 Å². The quantitative estimate of drug-likeness (QED) is 0.00951. The van der Waals surface area contributed by atoms with E-state index in [2.05, 4.69) is 20.7 Å². The number of carbonyl (C=O) groups excluding carboxylic acids is 13. The molecule has 6 aromatic carbocycles.